The summed E-state index contributed by atoms with van der Waals surface area (Å²) in [4.78, 5) is 11.4. The van der Waals surface area contributed by atoms with Gasteiger partial charge in [0.1, 0.15) is 5.75 Å². The molecule has 0 atom stereocenters. The number of amides is 1. The molecule has 2 aromatic carbocycles. The third-order valence-corrected chi connectivity index (χ3v) is 6.12. The average Bonchev–Trinajstić information content (AvgIpc) is 2.57. The fourth-order valence-corrected chi connectivity index (χ4v) is 3.80. The molecule has 0 aliphatic rings. The van der Waals surface area contributed by atoms with Crippen molar-refractivity contribution in [2.75, 3.05) is 19.5 Å². The van der Waals surface area contributed by atoms with Crippen molar-refractivity contribution in [2.45, 2.75) is 18.4 Å². The molecule has 0 aromatic heterocycles. The summed E-state index contributed by atoms with van der Waals surface area (Å²) in [6.07, 6.45) is 0. The molecular formula is C17H18Cl2N2O4S. The Hall–Kier alpha value is -1.80. The summed E-state index contributed by atoms with van der Waals surface area (Å²) in [5.74, 6) is 0.0355. The Morgan fingerprint density at radius 2 is 1.85 bits per heavy atom. The van der Waals surface area contributed by atoms with E-state index in [1.54, 1.807) is 18.2 Å². The fourth-order valence-electron chi connectivity index (χ4n) is 2.29. The van der Waals surface area contributed by atoms with Gasteiger partial charge in [0, 0.05) is 20.5 Å². The number of halogens is 2. The number of rotatable bonds is 6. The lowest BCUT2D eigenvalue weighted by molar-refractivity contribution is -0.114. The Morgan fingerprint density at radius 1 is 1.15 bits per heavy atom. The van der Waals surface area contributed by atoms with Crippen molar-refractivity contribution >= 4 is 44.8 Å². The number of ether oxygens (including phenoxy) is 1. The van der Waals surface area contributed by atoms with E-state index in [0.29, 0.717) is 21.4 Å². The van der Waals surface area contributed by atoms with Gasteiger partial charge in [-0.25, -0.2) is 8.42 Å². The Labute approximate surface area is 162 Å². The predicted molar refractivity (Wildman–Crippen MR) is 102 cm³/mol. The fraction of sp³-hybridized carbons (Fsp3) is 0.235. The minimum absolute atomic E-state index is 0.0320. The highest BCUT2D eigenvalue weighted by atomic mass is 35.5. The van der Waals surface area contributed by atoms with Crippen molar-refractivity contribution in [2.24, 2.45) is 0 Å². The van der Waals surface area contributed by atoms with Crippen LogP contribution in [0.5, 0.6) is 5.75 Å². The van der Waals surface area contributed by atoms with Gasteiger partial charge in [-0.2, -0.15) is 4.31 Å². The zero-order chi connectivity index (χ0) is 19.5. The summed E-state index contributed by atoms with van der Waals surface area (Å²) in [6, 6.07) is 9.21. The quantitative estimate of drug-likeness (QED) is 0.776. The summed E-state index contributed by atoms with van der Waals surface area (Å²) in [5.41, 5.74) is 0.977. The number of nitrogens with zero attached hydrogens (tertiary/aromatic N) is 1. The molecule has 0 spiro atoms. The lowest BCUT2D eigenvalue weighted by atomic mass is 10.2. The minimum atomic E-state index is -3.79. The molecule has 0 aliphatic carbocycles. The molecule has 0 aliphatic heterocycles. The molecule has 0 saturated carbocycles. The summed E-state index contributed by atoms with van der Waals surface area (Å²) in [7, 11) is -0.899. The lowest BCUT2D eigenvalue weighted by Crippen LogP contribution is -2.26. The van der Waals surface area contributed by atoms with E-state index in [2.05, 4.69) is 5.32 Å². The third-order valence-electron chi connectivity index (χ3n) is 3.58. The van der Waals surface area contributed by atoms with Crippen molar-refractivity contribution < 1.29 is 17.9 Å². The van der Waals surface area contributed by atoms with E-state index >= 15 is 0 Å². The average molecular weight is 417 g/mol. The summed E-state index contributed by atoms with van der Waals surface area (Å²) < 4.78 is 32.0. The largest absolute Gasteiger partial charge is 0.495 e. The van der Waals surface area contributed by atoms with Crippen LogP contribution < -0.4 is 10.1 Å². The number of methoxy groups -OCH3 is 1. The van der Waals surface area contributed by atoms with E-state index in [9.17, 15) is 13.2 Å². The maximum Gasteiger partial charge on any atom is 0.243 e. The number of hydrogen-bond acceptors (Lipinski definition) is 4. The normalized spacial score (nSPS) is 11.5. The third kappa shape index (κ3) is 4.67. The van der Waals surface area contributed by atoms with Gasteiger partial charge in [0.2, 0.25) is 15.9 Å². The van der Waals surface area contributed by atoms with Gasteiger partial charge < -0.3 is 10.1 Å². The standard InChI is InChI=1S/C17H18Cl2N2O4S/c1-11(22)20-16-9-13(5-7-17(16)25-3)26(23,24)21(2)10-12-4-6-14(18)15(19)8-12/h4-9H,10H2,1-3H3,(H,20,22). The van der Waals surface area contributed by atoms with Gasteiger partial charge in [-0.1, -0.05) is 29.3 Å². The van der Waals surface area contributed by atoms with E-state index in [1.807, 2.05) is 0 Å². The minimum Gasteiger partial charge on any atom is -0.495 e. The topological polar surface area (TPSA) is 75.7 Å². The van der Waals surface area contributed by atoms with Crippen LogP contribution in [0.1, 0.15) is 12.5 Å². The van der Waals surface area contributed by atoms with Crippen LogP contribution in [0.4, 0.5) is 5.69 Å². The molecule has 9 heteroatoms. The molecule has 0 heterocycles. The van der Waals surface area contributed by atoms with Crippen LogP contribution in [0, 0.1) is 0 Å². The molecule has 1 N–H and O–H groups in total. The molecule has 6 nitrogen and oxygen atoms in total. The molecular weight excluding hydrogens is 399 g/mol. The summed E-state index contributed by atoms with van der Waals surface area (Å²) in [6.45, 7) is 1.44. The molecule has 2 aromatic rings. The number of hydrogen-bond donors (Lipinski definition) is 1. The SMILES string of the molecule is COc1ccc(S(=O)(=O)N(C)Cc2ccc(Cl)c(Cl)c2)cc1NC(C)=O. The van der Waals surface area contributed by atoms with Crippen LogP contribution in [0.2, 0.25) is 10.0 Å². The van der Waals surface area contributed by atoms with Crippen LogP contribution in [0.25, 0.3) is 0 Å². The highest BCUT2D eigenvalue weighted by Gasteiger charge is 2.23. The second-order valence-corrected chi connectivity index (χ2v) is 8.41. The number of sulfonamides is 1. The highest BCUT2D eigenvalue weighted by Crippen LogP contribution is 2.29. The predicted octanol–water partition coefficient (Wildman–Crippen LogP) is 3.78. The number of anilines is 1. The molecule has 140 valence electrons. The van der Waals surface area contributed by atoms with Crippen molar-refractivity contribution in [1.82, 2.24) is 4.31 Å². The first-order chi connectivity index (χ1) is 12.1. The summed E-state index contributed by atoms with van der Waals surface area (Å²) >= 11 is 11.9. The van der Waals surface area contributed by atoms with Crippen LogP contribution >= 0.6 is 23.2 Å². The van der Waals surface area contributed by atoms with Crippen molar-refractivity contribution in [3.63, 3.8) is 0 Å². The number of carbonyl (C=O) groups excluding carboxylic acids is 1. The molecule has 0 fully saturated rings. The van der Waals surface area contributed by atoms with Crippen LogP contribution in [0.3, 0.4) is 0 Å². The van der Waals surface area contributed by atoms with E-state index in [-0.39, 0.29) is 23.0 Å². The van der Waals surface area contributed by atoms with Gasteiger partial charge >= 0.3 is 0 Å². The Kier molecular flexibility index (Phi) is 6.52. The zero-order valence-electron chi connectivity index (χ0n) is 14.4. The van der Waals surface area contributed by atoms with Gasteiger partial charge in [-0.3, -0.25) is 4.79 Å². The zero-order valence-corrected chi connectivity index (χ0v) is 16.7. The maximum absolute atomic E-state index is 12.8. The Balaban J connectivity index is 2.33. The molecule has 2 rings (SSSR count). The van der Waals surface area contributed by atoms with Crippen molar-refractivity contribution in [3.8, 4) is 5.75 Å². The van der Waals surface area contributed by atoms with Gasteiger partial charge in [0.25, 0.3) is 0 Å². The Bertz CT molecular complexity index is 932. The monoisotopic (exact) mass is 416 g/mol. The lowest BCUT2D eigenvalue weighted by Gasteiger charge is -2.19. The van der Waals surface area contributed by atoms with Crippen LogP contribution in [-0.2, 0) is 21.4 Å². The van der Waals surface area contributed by atoms with Gasteiger partial charge in [-0.15, -0.1) is 0 Å². The van der Waals surface area contributed by atoms with Crippen LogP contribution in [-0.4, -0.2) is 32.8 Å². The first-order valence-corrected chi connectivity index (χ1v) is 9.70. The van der Waals surface area contributed by atoms with Gasteiger partial charge in [0.05, 0.1) is 27.7 Å². The first-order valence-electron chi connectivity index (χ1n) is 7.51. The van der Waals surface area contributed by atoms with Crippen LogP contribution in [0.15, 0.2) is 41.3 Å². The summed E-state index contributed by atoms with van der Waals surface area (Å²) in [5, 5.41) is 3.31. The van der Waals surface area contributed by atoms with Crippen molar-refractivity contribution in [3.05, 3.63) is 52.0 Å². The highest BCUT2D eigenvalue weighted by molar-refractivity contribution is 7.89. The second kappa shape index (κ2) is 8.26. The van der Waals surface area contributed by atoms with E-state index in [4.69, 9.17) is 27.9 Å². The molecule has 0 saturated heterocycles. The van der Waals surface area contributed by atoms with Crippen molar-refractivity contribution in [1.29, 1.82) is 0 Å². The first kappa shape index (κ1) is 20.5. The van der Waals surface area contributed by atoms with E-state index in [0.717, 1.165) is 0 Å². The van der Waals surface area contributed by atoms with Gasteiger partial charge in [-0.05, 0) is 35.9 Å². The molecule has 1 amide bonds. The molecule has 0 bridgehead atoms. The number of nitrogens with one attached hydrogen (secondary N) is 1. The maximum atomic E-state index is 12.8. The second-order valence-electron chi connectivity index (χ2n) is 5.55. The smallest absolute Gasteiger partial charge is 0.243 e. The number of carbonyl (C=O) groups is 1. The Morgan fingerprint density at radius 3 is 2.42 bits per heavy atom. The molecule has 26 heavy (non-hydrogen) atoms. The number of benzene rings is 2. The van der Waals surface area contributed by atoms with Gasteiger partial charge in [0.15, 0.2) is 0 Å². The molecule has 0 unspecified atom stereocenters. The van der Waals surface area contributed by atoms with E-state index < -0.39 is 10.0 Å². The molecule has 0 radical (unpaired) electrons. The van der Waals surface area contributed by atoms with E-state index in [1.165, 1.54) is 43.6 Å².